The van der Waals surface area contributed by atoms with Crippen molar-refractivity contribution < 1.29 is 14.3 Å². The molecule has 3 rings (SSSR count). The van der Waals surface area contributed by atoms with Gasteiger partial charge in [-0.3, -0.25) is 0 Å². The molecule has 2 aromatic carbocycles. The molecule has 0 aliphatic carbocycles. The van der Waals surface area contributed by atoms with Gasteiger partial charge in [0, 0.05) is 10.5 Å². The Labute approximate surface area is 190 Å². The molecular weight excluding hydrogens is 420 g/mol. The van der Waals surface area contributed by atoms with E-state index in [0.29, 0.717) is 18.0 Å². The van der Waals surface area contributed by atoms with E-state index in [1.807, 2.05) is 48.5 Å². The third-order valence-corrected chi connectivity index (χ3v) is 10.6. The summed E-state index contributed by atoms with van der Waals surface area (Å²) >= 11 is 0. The second-order valence-electron chi connectivity index (χ2n) is 9.44. The lowest BCUT2D eigenvalue weighted by Crippen LogP contribution is -2.42. The smallest absolute Gasteiger partial charge is 0.192 e. The molecule has 0 saturated heterocycles. The molecule has 32 heavy (non-hydrogen) atoms. The first-order valence-electron chi connectivity index (χ1n) is 10.8. The van der Waals surface area contributed by atoms with E-state index in [1.54, 1.807) is 6.08 Å². The van der Waals surface area contributed by atoms with E-state index in [2.05, 4.69) is 49.2 Å². The van der Waals surface area contributed by atoms with Crippen molar-refractivity contribution in [3.8, 4) is 5.75 Å². The van der Waals surface area contributed by atoms with E-state index >= 15 is 0 Å². The standard InChI is InChI=1S/C24H32N4O3Si/c1-24(2,3)32(4,5)31-21(15-26-28-25)18-11-13-20(23-19(18)12-14-22(29)27-23)30-16-17-9-7-6-8-10-17/h6-14,21-22,27,29H,15-16H2,1-5H3/t21-,22?/m0/s1. The second kappa shape index (κ2) is 9.79. The maximum Gasteiger partial charge on any atom is 0.192 e. The summed E-state index contributed by atoms with van der Waals surface area (Å²) in [5.41, 5.74) is 12.5. The Morgan fingerprint density at radius 1 is 1.19 bits per heavy atom. The number of anilines is 1. The largest absolute Gasteiger partial charge is 0.487 e. The number of aliphatic hydroxyl groups excluding tert-OH is 1. The van der Waals surface area contributed by atoms with Gasteiger partial charge in [0.05, 0.1) is 18.3 Å². The van der Waals surface area contributed by atoms with Gasteiger partial charge in [-0.1, -0.05) is 68.4 Å². The fraction of sp³-hybridized carbons (Fsp3) is 0.417. The lowest BCUT2D eigenvalue weighted by molar-refractivity contribution is 0.191. The predicted molar refractivity (Wildman–Crippen MR) is 131 cm³/mol. The second-order valence-corrected chi connectivity index (χ2v) is 14.2. The van der Waals surface area contributed by atoms with Crippen LogP contribution >= 0.6 is 0 Å². The van der Waals surface area contributed by atoms with Crippen molar-refractivity contribution in [3.05, 3.63) is 75.7 Å². The van der Waals surface area contributed by atoms with Gasteiger partial charge >= 0.3 is 0 Å². The van der Waals surface area contributed by atoms with E-state index in [9.17, 15) is 5.11 Å². The molecular formula is C24H32N4O3Si. The Morgan fingerprint density at radius 2 is 1.91 bits per heavy atom. The van der Waals surface area contributed by atoms with Crippen LogP contribution in [0.4, 0.5) is 5.69 Å². The molecule has 0 aromatic heterocycles. The fourth-order valence-corrected chi connectivity index (χ4v) is 4.57. The maximum absolute atomic E-state index is 10.2. The number of fused-ring (bicyclic) bond motifs is 1. The van der Waals surface area contributed by atoms with Gasteiger partial charge in [-0.25, -0.2) is 0 Å². The highest BCUT2D eigenvalue weighted by atomic mass is 28.4. The van der Waals surface area contributed by atoms with E-state index < -0.39 is 20.6 Å². The van der Waals surface area contributed by atoms with Gasteiger partial charge in [-0.15, -0.1) is 0 Å². The zero-order valence-electron chi connectivity index (χ0n) is 19.4. The molecule has 1 unspecified atom stereocenters. The number of azide groups is 1. The third kappa shape index (κ3) is 5.52. The lowest BCUT2D eigenvalue weighted by atomic mass is 9.97. The number of benzene rings is 2. The van der Waals surface area contributed by atoms with Gasteiger partial charge in [0.2, 0.25) is 0 Å². The minimum Gasteiger partial charge on any atom is -0.487 e. The summed E-state index contributed by atoms with van der Waals surface area (Å²) in [5.74, 6) is 0.644. The summed E-state index contributed by atoms with van der Waals surface area (Å²) in [4.78, 5) is 2.96. The Morgan fingerprint density at radius 3 is 2.56 bits per heavy atom. The molecule has 0 spiro atoms. The molecule has 2 aromatic rings. The number of nitrogens with one attached hydrogen (secondary N) is 1. The zero-order valence-corrected chi connectivity index (χ0v) is 20.4. The van der Waals surface area contributed by atoms with Gasteiger partial charge in [-0.2, -0.15) is 0 Å². The summed E-state index contributed by atoms with van der Waals surface area (Å²) in [6.07, 6.45) is 2.35. The number of rotatable bonds is 8. The van der Waals surface area contributed by atoms with E-state index in [1.165, 1.54) is 0 Å². The van der Waals surface area contributed by atoms with E-state index in [0.717, 1.165) is 16.7 Å². The van der Waals surface area contributed by atoms with Crippen molar-refractivity contribution >= 4 is 20.1 Å². The van der Waals surface area contributed by atoms with Crippen molar-refractivity contribution in [3.63, 3.8) is 0 Å². The third-order valence-electron chi connectivity index (χ3n) is 6.12. The Hall–Kier alpha value is -2.77. The molecule has 0 radical (unpaired) electrons. The predicted octanol–water partition coefficient (Wildman–Crippen LogP) is 6.40. The van der Waals surface area contributed by atoms with Crippen LogP contribution in [0, 0.1) is 0 Å². The molecule has 7 nitrogen and oxygen atoms in total. The van der Waals surface area contributed by atoms with Crippen molar-refractivity contribution in [2.45, 2.75) is 57.8 Å². The van der Waals surface area contributed by atoms with Crippen LogP contribution in [-0.4, -0.2) is 26.2 Å². The molecule has 0 saturated carbocycles. The van der Waals surface area contributed by atoms with Gasteiger partial charge in [0.25, 0.3) is 0 Å². The molecule has 0 bridgehead atoms. The first kappa shape index (κ1) is 23.9. The SMILES string of the molecule is CC(C)(C)[Si](C)(C)O[C@@H](CN=[N+]=[N-])c1ccc(OCc2ccccc2)c2c1C=CC(O)N2. The zero-order chi connectivity index (χ0) is 23.4. The molecule has 2 atom stereocenters. The highest BCUT2D eigenvalue weighted by molar-refractivity contribution is 6.74. The molecule has 8 heteroatoms. The Kier molecular flexibility index (Phi) is 7.31. The van der Waals surface area contributed by atoms with Crippen LogP contribution in [0.1, 0.15) is 43.6 Å². The summed E-state index contributed by atoms with van der Waals surface area (Å²) in [5, 5.41) is 17.1. The highest BCUT2D eigenvalue weighted by Crippen LogP contribution is 2.43. The maximum atomic E-state index is 10.2. The molecule has 170 valence electrons. The normalized spacial score (nSPS) is 16.5. The van der Waals surface area contributed by atoms with E-state index in [-0.39, 0.29) is 11.6 Å². The first-order chi connectivity index (χ1) is 15.1. The molecule has 0 fully saturated rings. The number of hydrogen-bond donors (Lipinski definition) is 2. The van der Waals surface area contributed by atoms with Crippen molar-refractivity contribution in [2.24, 2.45) is 5.11 Å². The molecule has 1 aliphatic heterocycles. The van der Waals surface area contributed by atoms with Crippen molar-refractivity contribution in [1.82, 2.24) is 0 Å². The van der Waals surface area contributed by atoms with E-state index in [4.69, 9.17) is 14.7 Å². The number of nitrogens with zero attached hydrogens (tertiary/aromatic N) is 3. The van der Waals surface area contributed by atoms with Crippen LogP contribution in [0.2, 0.25) is 18.1 Å². The fourth-order valence-electron chi connectivity index (χ4n) is 3.31. The summed E-state index contributed by atoms with van der Waals surface area (Å²) < 4.78 is 12.7. The Balaban J connectivity index is 1.98. The van der Waals surface area contributed by atoms with Gasteiger partial charge in [0.15, 0.2) is 8.32 Å². The topological polar surface area (TPSA) is 99.5 Å². The number of ether oxygens (including phenoxy) is 1. The quantitative estimate of drug-likeness (QED) is 0.210. The summed E-state index contributed by atoms with van der Waals surface area (Å²) in [6.45, 7) is 11.5. The van der Waals surface area contributed by atoms with Crippen LogP contribution in [0.15, 0.2) is 53.7 Å². The van der Waals surface area contributed by atoms with Crippen LogP contribution in [0.5, 0.6) is 5.75 Å². The van der Waals surface area contributed by atoms with Crippen LogP contribution < -0.4 is 10.1 Å². The van der Waals surface area contributed by atoms with Gasteiger partial charge in [0.1, 0.15) is 18.6 Å². The number of aliphatic hydroxyl groups is 1. The lowest BCUT2D eigenvalue weighted by Gasteiger charge is -2.39. The van der Waals surface area contributed by atoms with Crippen LogP contribution in [0.3, 0.4) is 0 Å². The minimum atomic E-state index is -2.14. The molecule has 2 N–H and O–H groups in total. The summed E-state index contributed by atoms with van der Waals surface area (Å²) in [7, 11) is -2.14. The molecule has 0 amide bonds. The van der Waals surface area contributed by atoms with Crippen LogP contribution in [-0.2, 0) is 11.0 Å². The number of hydrogen-bond acceptors (Lipinski definition) is 5. The average Bonchev–Trinajstić information content (AvgIpc) is 2.74. The monoisotopic (exact) mass is 452 g/mol. The molecule has 1 heterocycles. The van der Waals surface area contributed by atoms with Gasteiger partial charge < -0.3 is 19.6 Å². The minimum absolute atomic E-state index is 0.00465. The first-order valence-corrected chi connectivity index (χ1v) is 13.7. The summed E-state index contributed by atoms with van der Waals surface area (Å²) in [6, 6.07) is 13.8. The highest BCUT2D eigenvalue weighted by Gasteiger charge is 2.40. The van der Waals surface area contributed by atoms with Gasteiger partial charge in [-0.05, 0) is 46.9 Å². The Bertz CT molecular complexity index is 1010. The molecule has 1 aliphatic rings. The van der Waals surface area contributed by atoms with Crippen molar-refractivity contribution in [1.29, 1.82) is 0 Å². The van der Waals surface area contributed by atoms with Crippen molar-refractivity contribution in [2.75, 3.05) is 11.9 Å². The van der Waals surface area contributed by atoms with Crippen LogP contribution in [0.25, 0.3) is 16.5 Å². The average molecular weight is 453 g/mol.